The Kier molecular flexibility index (Phi) is 17.5. The smallest absolute Gasteiger partial charge is 0.415 e. The van der Waals surface area contributed by atoms with Crippen molar-refractivity contribution >= 4 is 36.6 Å². The van der Waals surface area contributed by atoms with E-state index in [4.69, 9.17) is 15.2 Å². The number of hydrogen-bond donors (Lipinski definition) is 3. The molecule has 0 radical (unpaired) electrons. The van der Waals surface area contributed by atoms with Crippen LogP contribution in [0.1, 0.15) is 63.0 Å². The third kappa shape index (κ3) is 15.6. The van der Waals surface area contributed by atoms with Crippen LogP contribution in [0.3, 0.4) is 0 Å². The van der Waals surface area contributed by atoms with Crippen molar-refractivity contribution in [1.82, 2.24) is 20.0 Å². The topological polar surface area (TPSA) is 135 Å². The normalized spacial score (nSPS) is 10.8. The molecule has 40 heavy (non-hydrogen) atoms. The molecule has 1 rings (SSSR count). The second-order valence-corrected chi connectivity index (χ2v) is 10.5. The molecule has 0 atom stereocenters. The number of likely N-dealkylation sites (N-methyl/N-ethyl adjacent to an activating group) is 2. The molecule has 0 aromatic heterocycles. The van der Waals surface area contributed by atoms with Crippen LogP contribution in [0.2, 0.25) is 0 Å². The van der Waals surface area contributed by atoms with E-state index in [1.54, 1.807) is 30.1 Å². The Morgan fingerprint density at radius 2 is 1.62 bits per heavy atom. The molecule has 11 nitrogen and oxygen atoms in total. The lowest BCUT2D eigenvalue weighted by Gasteiger charge is -2.24. The standard InChI is InChI=1S/C28H47N5O6S/c1-22(34)33(15-10-8-6-5-7-9-14-30-26(35)13-18-40)20-24-19-23(21-38-27(29)36)11-12-25(24)39-28(37)32(4)17-16-31(2)3/h11-12,19,40H,5-10,13-18,20-21H2,1-4H3,(H2,29,36)(H,30,35). The first kappa shape index (κ1) is 35.0. The number of unbranched alkanes of at least 4 members (excludes halogenated alkanes) is 5. The van der Waals surface area contributed by atoms with Gasteiger partial charge in [0.1, 0.15) is 12.4 Å². The van der Waals surface area contributed by atoms with Crippen molar-refractivity contribution < 1.29 is 28.7 Å². The molecule has 3 N–H and O–H groups in total. The van der Waals surface area contributed by atoms with Gasteiger partial charge < -0.3 is 35.2 Å². The molecule has 226 valence electrons. The van der Waals surface area contributed by atoms with Crippen LogP contribution in [0.15, 0.2) is 18.2 Å². The van der Waals surface area contributed by atoms with Crippen LogP contribution in [0.25, 0.3) is 0 Å². The van der Waals surface area contributed by atoms with Gasteiger partial charge in [0.15, 0.2) is 0 Å². The molecule has 0 fully saturated rings. The summed E-state index contributed by atoms with van der Waals surface area (Å²) in [6.45, 7) is 4.17. The maximum atomic E-state index is 12.7. The van der Waals surface area contributed by atoms with E-state index in [0.717, 1.165) is 38.5 Å². The number of nitrogens with zero attached hydrogens (tertiary/aromatic N) is 3. The number of nitrogens with one attached hydrogen (secondary N) is 1. The van der Waals surface area contributed by atoms with Crippen molar-refractivity contribution in [2.24, 2.45) is 5.73 Å². The zero-order valence-corrected chi connectivity index (χ0v) is 25.3. The monoisotopic (exact) mass is 581 g/mol. The van der Waals surface area contributed by atoms with E-state index >= 15 is 0 Å². The van der Waals surface area contributed by atoms with Crippen molar-refractivity contribution in [2.45, 2.75) is 65.0 Å². The summed E-state index contributed by atoms with van der Waals surface area (Å²) < 4.78 is 10.6. The van der Waals surface area contributed by atoms with Crippen LogP contribution < -0.4 is 15.8 Å². The Morgan fingerprint density at radius 3 is 2.25 bits per heavy atom. The Morgan fingerprint density at radius 1 is 0.950 bits per heavy atom. The lowest BCUT2D eigenvalue weighted by molar-refractivity contribution is -0.129. The number of thiol groups is 1. The second kappa shape index (κ2) is 20.0. The number of ether oxygens (including phenoxy) is 2. The number of carbonyl (C=O) groups excluding carboxylic acids is 4. The molecule has 0 spiro atoms. The summed E-state index contributed by atoms with van der Waals surface area (Å²) in [6.07, 6.45) is 4.95. The summed E-state index contributed by atoms with van der Waals surface area (Å²) in [5, 5.41) is 2.89. The first-order valence-corrected chi connectivity index (χ1v) is 14.4. The summed E-state index contributed by atoms with van der Waals surface area (Å²) in [6, 6.07) is 5.10. The largest absolute Gasteiger partial charge is 0.445 e. The molecule has 1 aromatic rings. The minimum absolute atomic E-state index is 0.0295. The van der Waals surface area contributed by atoms with Gasteiger partial charge >= 0.3 is 12.2 Å². The van der Waals surface area contributed by atoms with Crippen LogP contribution in [-0.2, 0) is 27.5 Å². The van der Waals surface area contributed by atoms with E-state index < -0.39 is 12.2 Å². The fraction of sp³-hybridized carbons (Fsp3) is 0.643. The van der Waals surface area contributed by atoms with Crippen LogP contribution >= 0.6 is 12.6 Å². The average molecular weight is 582 g/mol. The summed E-state index contributed by atoms with van der Waals surface area (Å²) in [5.74, 6) is 0.854. The van der Waals surface area contributed by atoms with Gasteiger partial charge in [-0.2, -0.15) is 12.6 Å². The highest BCUT2D eigenvalue weighted by atomic mass is 32.1. The van der Waals surface area contributed by atoms with E-state index in [2.05, 4.69) is 17.9 Å². The van der Waals surface area contributed by atoms with Crippen molar-refractivity contribution in [3.05, 3.63) is 29.3 Å². The molecule has 0 saturated carbocycles. The molecule has 4 amide bonds. The highest BCUT2D eigenvalue weighted by Gasteiger charge is 2.18. The molecular formula is C28H47N5O6S. The van der Waals surface area contributed by atoms with Crippen LogP contribution in [-0.4, -0.2) is 91.8 Å². The number of benzene rings is 1. The molecule has 0 saturated heterocycles. The molecular weight excluding hydrogens is 534 g/mol. The number of hydrogen-bond acceptors (Lipinski definition) is 8. The van der Waals surface area contributed by atoms with Gasteiger partial charge in [-0.15, -0.1) is 0 Å². The number of nitrogens with two attached hydrogens (primary N) is 1. The summed E-state index contributed by atoms with van der Waals surface area (Å²) in [7, 11) is 5.52. The average Bonchev–Trinajstić information content (AvgIpc) is 2.89. The molecule has 0 aliphatic rings. The van der Waals surface area contributed by atoms with Gasteiger partial charge in [0.25, 0.3) is 0 Å². The van der Waals surface area contributed by atoms with Crippen LogP contribution in [0, 0.1) is 0 Å². The maximum absolute atomic E-state index is 12.7. The van der Waals surface area contributed by atoms with Crippen molar-refractivity contribution in [3.8, 4) is 5.75 Å². The fourth-order valence-corrected chi connectivity index (χ4v) is 4.02. The van der Waals surface area contributed by atoms with Gasteiger partial charge in [0, 0.05) is 58.7 Å². The highest BCUT2D eigenvalue weighted by Crippen LogP contribution is 2.24. The van der Waals surface area contributed by atoms with Crippen molar-refractivity contribution in [3.63, 3.8) is 0 Å². The Hall–Kier alpha value is -2.99. The molecule has 12 heteroatoms. The summed E-state index contributed by atoms with van der Waals surface area (Å²) >= 11 is 4.05. The predicted octanol–water partition coefficient (Wildman–Crippen LogP) is 3.40. The van der Waals surface area contributed by atoms with Gasteiger partial charge in [-0.1, -0.05) is 31.7 Å². The molecule has 1 aromatic carbocycles. The van der Waals surface area contributed by atoms with Crippen LogP contribution in [0.4, 0.5) is 9.59 Å². The molecule has 0 heterocycles. The molecule has 0 aliphatic carbocycles. The maximum Gasteiger partial charge on any atom is 0.415 e. The summed E-state index contributed by atoms with van der Waals surface area (Å²) in [4.78, 5) is 52.9. The van der Waals surface area contributed by atoms with E-state index in [1.807, 2.05) is 19.0 Å². The Labute approximate surface area is 244 Å². The van der Waals surface area contributed by atoms with Gasteiger partial charge in [0.05, 0.1) is 0 Å². The zero-order valence-electron chi connectivity index (χ0n) is 24.4. The highest BCUT2D eigenvalue weighted by molar-refractivity contribution is 7.80. The van der Waals surface area contributed by atoms with Gasteiger partial charge in [-0.3, -0.25) is 9.59 Å². The van der Waals surface area contributed by atoms with Gasteiger partial charge in [0.2, 0.25) is 11.8 Å². The second-order valence-electron chi connectivity index (χ2n) is 10.0. The number of rotatable bonds is 19. The first-order chi connectivity index (χ1) is 19.0. The SMILES string of the molecule is CC(=O)N(CCCCCCCCNC(=O)CCS)Cc1cc(COC(N)=O)ccc1OC(=O)N(C)CCN(C)C. The minimum atomic E-state index is -0.886. The third-order valence-electron chi connectivity index (χ3n) is 6.22. The Balaban J connectivity index is 2.71. The lowest BCUT2D eigenvalue weighted by atomic mass is 10.1. The van der Waals surface area contributed by atoms with Gasteiger partial charge in [-0.05, 0) is 50.4 Å². The van der Waals surface area contributed by atoms with Gasteiger partial charge in [-0.25, -0.2) is 9.59 Å². The van der Waals surface area contributed by atoms with E-state index in [9.17, 15) is 19.2 Å². The van der Waals surface area contributed by atoms with Crippen molar-refractivity contribution in [1.29, 1.82) is 0 Å². The van der Waals surface area contributed by atoms with E-state index in [-0.39, 0.29) is 25.0 Å². The molecule has 0 bridgehead atoms. The quantitative estimate of drug-likeness (QED) is 0.168. The van der Waals surface area contributed by atoms with Crippen molar-refractivity contribution in [2.75, 3.05) is 53.1 Å². The van der Waals surface area contributed by atoms with E-state index in [1.165, 1.54) is 11.8 Å². The number of primary amides is 1. The zero-order chi connectivity index (χ0) is 29.9. The minimum Gasteiger partial charge on any atom is -0.445 e. The molecule has 0 aliphatic heterocycles. The first-order valence-electron chi connectivity index (χ1n) is 13.8. The Bertz CT molecular complexity index is 946. The fourth-order valence-electron chi connectivity index (χ4n) is 3.82. The van der Waals surface area contributed by atoms with E-state index in [0.29, 0.717) is 55.2 Å². The predicted molar refractivity (Wildman–Crippen MR) is 158 cm³/mol. The number of carbonyl (C=O) groups is 4. The molecule has 0 unspecified atom stereocenters. The lowest BCUT2D eigenvalue weighted by Crippen LogP contribution is -2.35. The summed E-state index contributed by atoms with van der Waals surface area (Å²) in [5.41, 5.74) is 6.40. The van der Waals surface area contributed by atoms with Crippen LogP contribution in [0.5, 0.6) is 5.75 Å². The third-order valence-corrected chi connectivity index (χ3v) is 6.44. The number of amides is 4.